The maximum Gasteiger partial charge on any atom is 0.0643 e. The molecule has 0 amide bonds. The summed E-state index contributed by atoms with van der Waals surface area (Å²) in [6, 6.07) is 4.56. The Morgan fingerprint density at radius 2 is 1.41 bits per heavy atom. The number of aliphatic hydroxyl groups excluding tert-OH is 1. The first kappa shape index (κ1) is 22.8. The Balaban J connectivity index is 0.000000387. The molecule has 0 atom stereocenters. The molecule has 0 bridgehead atoms. The van der Waals surface area contributed by atoms with Crippen LogP contribution in [-0.4, -0.2) is 66.2 Å². The minimum Gasteiger partial charge on any atom is -0.545 e. The standard InChI is InChI=1S/C16H26N2O.C4H4O4/c1-13-10-14(2)16(15(3)11-13)12-18-6-4-17(5-7-18)8-9-19;5-3(6)1-2-4(7)8/h10-11,19H,4-9,12H2,1-3H3;1-2H,(H,5,6)(H,7,8)/p-2. The van der Waals surface area contributed by atoms with Gasteiger partial charge in [-0.3, -0.25) is 9.80 Å². The van der Waals surface area contributed by atoms with Crippen molar-refractivity contribution < 1.29 is 24.9 Å². The second-order valence-corrected chi connectivity index (χ2v) is 6.69. The van der Waals surface area contributed by atoms with Crippen molar-refractivity contribution in [3.8, 4) is 0 Å². The molecular formula is C20H28N2O5-2. The van der Waals surface area contributed by atoms with Gasteiger partial charge in [-0.15, -0.1) is 0 Å². The molecule has 7 nitrogen and oxygen atoms in total. The first-order chi connectivity index (χ1) is 12.7. The summed E-state index contributed by atoms with van der Waals surface area (Å²) in [6.07, 6.45) is 0.769. The third kappa shape index (κ3) is 8.81. The number of aliphatic hydroxyl groups is 1. The number of benzene rings is 1. The molecule has 1 heterocycles. The number of carbonyl (C=O) groups excluding carboxylic acids is 2. The number of nitrogens with zero attached hydrogens (tertiary/aromatic N) is 2. The van der Waals surface area contributed by atoms with E-state index in [0.29, 0.717) is 12.2 Å². The van der Waals surface area contributed by atoms with Crippen LogP contribution in [0, 0.1) is 20.8 Å². The number of piperazine rings is 1. The van der Waals surface area contributed by atoms with E-state index >= 15 is 0 Å². The molecule has 1 aromatic carbocycles. The van der Waals surface area contributed by atoms with Crippen LogP contribution in [0.25, 0.3) is 0 Å². The highest BCUT2D eigenvalue weighted by Crippen LogP contribution is 2.19. The van der Waals surface area contributed by atoms with Gasteiger partial charge in [0.05, 0.1) is 18.5 Å². The maximum atomic E-state index is 9.41. The van der Waals surface area contributed by atoms with E-state index in [1.165, 1.54) is 22.3 Å². The normalized spacial score (nSPS) is 15.4. The van der Waals surface area contributed by atoms with Crippen molar-refractivity contribution in [2.45, 2.75) is 27.3 Å². The van der Waals surface area contributed by atoms with Crippen molar-refractivity contribution >= 4 is 11.9 Å². The molecule has 0 saturated carbocycles. The lowest BCUT2D eigenvalue weighted by atomic mass is 9.99. The molecule has 0 unspecified atom stereocenters. The monoisotopic (exact) mass is 376 g/mol. The second-order valence-electron chi connectivity index (χ2n) is 6.69. The van der Waals surface area contributed by atoms with E-state index in [4.69, 9.17) is 5.11 Å². The SMILES string of the molecule is Cc1cc(C)c(CN2CCN(CCO)CC2)c(C)c1.O=C([O-])C=CC(=O)[O-]. The molecule has 1 aliphatic heterocycles. The summed E-state index contributed by atoms with van der Waals surface area (Å²) < 4.78 is 0. The van der Waals surface area contributed by atoms with Crippen LogP contribution in [0.4, 0.5) is 0 Å². The summed E-state index contributed by atoms with van der Waals surface area (Å²) >= 11 is 0. The van der Waals surface area contributed by atoms with E-state index in [-0.39, 0.29) is 6.61 Å². The number of carboxylic acids is 2. The summed E-state index contributed by atoms with van der Waals surface area (Å²) in [7, 11) is 0. The highest BCUT2D eigenvalue weighted by Gasteiger charge is 2.17. The van der Waals surface area contributed by atoms with Crippen molar-refractivity contribution in [3.05, 3.63) is 46.5 Å². The van der Waals surface area contributed by atoms with Gasteiger partial charge < -0.3 is 24.9 Å². The third-order valence-electron chi connectivity index (χ3n) is 4.46. The Morgan fingerprint density at radius 3 is 1.81 bits per heavy atom. The molecule has 7 heteroatoms. The Bertz CT molecular complexity index is 625. The summed E-state index contributed by atoms with van der Waals surface area (Å²) in [5.41, 5.74) is 5.67. The molecule has 2 rings (SSSR count). The van der Waals surface area contributed by atoms with Crippen LogP contribution >= 0.6 is 0 Å². The Kier molecular flexibility index (Phi) is 9.71. The van der Waals surface area contributed by atoms with E-state index < -0.39 is 11.9 Å². The predicted octanol–water partition coefficient (Wildman–Crippen LogP) is -1.24. The second kappa shape index (κ2) is 11.5. The lowest BCUT2D eigenvalue weighted by Crippen LogP contribution is -2.46. The fourth-order valence-electron chi connectivity index (χ4n) is 3.13. The fourth-order valence-corrected chi connectivity index (χ4v) is 3.13. The fraction of sp³-hybridized carbons (Fsp3) is 0.500. The first-order valence-corrected chi connectivity index (χ1v) is 8.95. The zero-order chi connectivity index (χ0) is 20.4. The Labute approximate surface area is 160 Å². The smallest absolute Gasteiger partial charge is 0.0643 e. The Hall–Kier alpha value is -2.22. The molecule has 0 aromatic heterocycles. The van der Waals surface area contributed by atoms with Gasteiger partial charge in [0.25, 0.3) is 0 Å². The van der Waals surface area contributed by atoms with Crippen LogP contribution in [0.5, 0.6) is 0 Å². The molecule has 0 radical (unpaired) electrons. The van der Waals surface area contributed by atoms with Crippen LogP contribution in [-0.2, 0) is 16.1 Å². The number of β-amino-alcohol motifs (C(OH)–C–C–N with tert-alkyl or cyclic N) is 1. The van der Waals surface area contributed by atoms with E-state index in [1.807, 2.05) is 0 Å². The number of hydrogen-bond acceptors (Lipinski definition) is 7. The van der Waals surface area contributed by atoms with Gasteiger partial charge in [0.1, 0.15) is 0 Å². The van der Waals surface area contributed by atoms with Crippen LogP contribution in [0.1, 0.15) is 22.3 Å². The number of carbonyl (C=O) groups is 2. The largest absolute Gasteiger partial charge is 0.545 e. The van der Waals surface area contributed by atoms with Crippen LogP contribution in [0.2, 0.25) is 0 Å². The van der Waals surface area contributed by atoms with E-state index in [2.05, 4.69) is 42.7 Å². The third-order valence-corrected chi connectivity index (χ3v) is 4.46. The van der Waals surface area contributed by atoms with Crippen molar-refractivity contribution in [2.75, 3.05) is 39.3 Å². The van der Waals surface area contributed by atoms with Gasteiger partial charge in [0.2, 0.25) is 0 Å². The van der Waals surface area contributed by atoms with Gasteiger partial charge in [0, 0.05) is 39.3 Å². The number of rotatable bonds is 6. The van der Waals surface area contributed by atoms with Crippen molar-refractivity contribution in [3.63, 3.8) is 0 Å². The Morgan fingerprint density at radius 1 is 0.963 bits per heavy atom. The summed E-state index contributed by atoms with van der Waals surface area (Å²) in [5.74, 6) is -3.09. The van der Waals surface area contributed by atoms with Crippen LogP contribution in [0.3, 0.4) is 0 Å². The number of carboxylic acid groups (broad SMARTS) is 2. The molecule has 1 aromatic rings. The lowest BCUT2D eigenvalue weighted by molar-refractivity contribution is -0.301. The molecule has 0 spiro atoms. The van der Waals surface area contributed by atoms with Gasteiger partial charge >= 0.3 is 0 Å². The maximum absolute atomic E-state index is 9.41. The van der Waals surface area contributed by atoms with Gasteiger partial charge in [-0.05, 0) is 49.6 Å². The van der Waals surface area contributed by atoms with Crippen molar-refractivity contribution in [1.29, 1.82) is 0 Å². The summed E-state index contributed by atoms with van der Waals surface area (Å²) in [4.78, 5) is 23.7. The summed E-state index contributed by atoms with van der Waals surface area (Å²) in [6.45, 7) is 13.1. The lowest BCUT2D eigenvalue weighted by Gasteiger charge is -2.34. The van der Waals surface area contributed by atoms with Gasteiger partial charge in [-0.1, -0.05) is 17.7 Å². The number of aliphatic carboxylic acids is 2. The van der Waals surface area contributed by atoms with Crippen LogP contribution in [0.15, 0.2) is 24.3 Å². The van der Waals surface area contributed by atoms with E-state index in [0.717, 1.165) is 39.3 Å². The van der Waals surface area contributed by atoms with Crippen molar-refractivity contribution in [2.24, 2.45) is 0 Å². The molecule has 1 N–H and O–H groups in total. The van der Waals surface area contributed by atoms with E-state index in [1.54, 1.807) is 0 Å². The predicted molar refractivity (Wildman–Crippen MR) is 98.6 cm³/mol. The highest BCUT2D eigenvalue weighted by atomic mass is 16.4. The quantitative estimate of drug-likeness (QED) is 0.619. The minimum absolute atomic E-state index is 0.274. The minimum atomic E-state index is -1.55. The summed E-state index contributed by atoms with van der Waals surface area (Å²) in [5, 5.41) is 27.8. The molecule has 1 saturated heterocycles. The zero-order valence-electron chi connectivity index (χ0n) is 16.2. The zero-order valence-corrected chi connectivity index (χ0v) is 16.2. The average molecular weight is 376 g/mol. The van der Waals surface area contributed by atoms with E-state index in [9.17, 15) is 19.8 Å². The molecule has 0 aliphatic carbocycles. The molecule has 1 aliphatic rings. The number of hydrogen-bond donors (Lipinski definition) is 1. The highest BCUT2D eigenvalue weighted by molar-refractivity contribution is 5.87. The first-order valence-electron chi connectivity index (χ1n) is 8.95. The molecule has 1 fully saturated rings. The number of aryl methyl sites for hydroxylation is 3. The van der Waals surface area contributed by atoms with Gasteiger partial charge in [0.15, 0.2) is 0 Å². The van der Waals surface area contributed by atoms with Gasteiger partial charge in [-0.2, -0.15) is 0 Å². The average Bonchev–Trinajstić information content (AvgIpc) is 2.58. The van der Waals surface area contributed by atoms with Crippen LogP contribution < -0.4 is 10.2 Å². The molecule has 150 valence electrons. The molecular weight excluding hydrogens is 348 g/mol. The van der Waals surface area contributed by atoms with Crippen molar-refractivity contribution in [1.82, 2.24) is 9.80 Å². The topological polar surface area (TPSA) is 107 Å². The molecule has 27 heavy (non-hydrogen) atoms. The van der Waals surface area contributed by atoms with Gasteiger partial charge in [-0.25, -0.2) is 0 Å².